The Bertz CT molecular complexity index is 379. The molecule has 0 atom stereocenters. The fourth-order valence-corrected chi connectivity index (χ4v) is 1.13. The van der Waals surface area contributed by atoms with Gasteiger partial charge in [0.2, 0.25) is 0 Å². The van der Waals surface area contributed by atoms with Crippen LogP contribution in [0.1, 0.15) is 15.9 Å². The van der Waals surface area contributed by atoms with E-state index in [2.05, 4.69) is 0 Å². The third-order valence-electron chi connectivity index (χ3n) is 1.53. The molecule has 0 fully saturated rings. The van der Waals surface area contributed by atoms with Gasteiger partial charge in [-0.1, -0.05) is 11.6 Å². The first-order chi connectivity index (χ1) is 6.32. The van der Waals surface area contributed by atoms with E-state index >= 15 is 0 Å². The van der Waals surface area contributed by atoms with Gasteiger partial charge in [0, 0.05) is 29.6 Å². The predicted octanol–water partition coefficient (Wildman–Crippen LogP) is 2.68. The summed E-state index contributed by atoms with van der Waals surface area (Å²) in [6, 6.07) is 2.09. The van der Waals surface area contributed by atoms with Crippen molar-refractivity contribution in [3.8, 4) is 0 Å². The van der Waals surface area contributed by atoms with E-state index < -0.39 is 22.7 Å². The molecular formula is C8H4ClF3NaO2. The van der Waals surface area contributed by atoms with Crippen molar-refractivity contribution in [1.29, 1.82) is 0 Å². The minimum Gasteiger partial charge on any atom is -0.478 e. The first-order valence-electron chi connectivity index (χ1n) is 3.42. The molecule has 0 heterocycles. The topological polar surface area (TPSA) is 37.3 Å². The van der Waals surface area contributed by atoms with E-state index in [-0.39, 0.29) is 35.1 Å². The van der Waals surface area contributed by atoms with Gasteiger partial charge in [-0.15, -0.1) is 0 Å². The van der Waals surface area contributed by atoms with E-state index in [1.54, 1.807) is 0 Å². The van der Waals surface area contributed by atoms with Gasteiger partial charge in [0.05, 0.1) is 16.1 Å². The van der Waals surface area contributed by atoms with Crippen molar-refractivity contribution in [3.63, 3.8) is 0 Å². The average Bonchev–Trinajstić information content (AvgIpc) is 2.01. The standard InChI is InChI=1S/C8H4ClF3O2.Na/c9-6-3-4(8(10,11)12)1-2-5(6)7(13)14;/h1-3H,(H,13,14);. The van der Waals surface area contributed by atoms with E-state index in [1.165, 1.54) is 0 Å². The van der Waals surface area contributed by atoms with Gasteiger partial charge in [-0.3, -0.25) is 0 Å². The summed E-state index contributed by atoms with van der Waals surface area (Å²) in [5, 5.41) is 8.07. The second-order valence-corrected chi connectivity index (χ2v) is 2.90. The summed E-state index contributed by atoms with van der Waals surface area (Å²) in [6.45, 7) is 0. The maximum atomic E-state index is 12.1. The van der Waals surface area contributed by atoms with E-state index in [1.807, 2.05) is 0 Å². The molecule has 0 aliphatic rings. The maximum absolute atomic E-state index is 12.1. The summed E-state index contributed by atoms with van der Waals surface area (Å²) in [4.78, 5) is 10.4. The van der Waals surface area contributed by atoms with Crippen LogP contribution in [0.2, 0.25) is 5.02 Å². The number of rotatable bonds is 1. The molecule has 15 heavy (non-hydrogen) atoms. The fraction of sp³-hybridized carbons (Fsp3) is 0.125. The van der Waals surface area contributed by atoms with Crippen LogP contribution in [-0.2, 0) is 6.18 Å². The Labute approximate surface area is 110 Å². The molecule has 0 saturated heterocycles. The molecule has 0 aliphatic carbocycles. The van der Waals surface area contributed by atoms with Crippen LogP contribution >= 0.6 is 11.6 Å². The van der Waals surface area contributed by atoms with Crippen LogP contribution in [0, 0.1) is 0 Å². The first-order valence-corrected chi connectivity index (χ1v) is 3.80. The van der Waals surface area contributed by atoms with Crippen LogP contribution in [-0.4, -0.2) is 40.6 Å². The first kappa shape index (κ1) is 14.8. The molecule has 1 radical (unpaired) electrons. The van der Waals surface area contributed by atoms with E-state index in [0.717, 1.165) is 6.07 Å². The number of halogens is 4. The number of benzene rings is 1. The van der Waals surface area contributed by atoms with Gasteiger partial charge in [-0.25, -0.2) is 4.79 Å². The van der Waals surface area contributed by atoms with Crippen LogP contribution in [0.3, 0.4) is 0 Å². The Morgan fingerprint density at radius 3 is 2.20 bits per heavy atom. The zero-order chi connectivity index (χ0) is 10.9. The van der Waals surface area contributed by atoms with Crippen molar-refractivity contribution in [1.82, 2.24) is 0 Å². The fourth-order valence-electron chi connectivity index (χ4n) is 0.865. The number of carboxylic acid groups (broad SMARTS) is 1. The molecule has 0 aromatic heterocycles. The second-order valence-electron chi connectivity index (χ2n) is 2.50. The third kappa shape index (κ3) is 3.68. The molecule has 1 aromatic carbocycles. The van der Waals surface area contributed by atoms with Crippen LogP contribution in [0.15, 0.2) is 18.2 Å². The van der Waals surface area contributed by atoms with E-state index in [4.69, 9.17) is 16.7 Å². The zero-order valence-electron chi connectivity index (χ0n) is 7.60. The number of alkyl halides is 3. The molecule has 0 unspecified atom stereocenters. The number of carboxylic acids is 1. The summed E-state index contributed by atoms with van der Waals surface area (Å²) in [6.07, 6.45) is -4.51. The molecule has 0 bridgehead atoms. The van der Waals surface area contributed by atoms with Crippen molar-refractivity contribution in [2.75, 3.05) is 0 Å². The largest absolute Gasteiger partial charge is 0.478 e. The Kier molecular flexibility index (Phi) is 5.13. The zero-order valence-corrected chi connectivity index (χ0v) is 10.4. The normalized spacial score (nSPS) is 10.7. The van der Waals surface area contributed by atoms with E-state index in [9.17, 15) is 18.0 Å². The summed E-state index contributed by atoms with van der Waals surface area (Å²) in [5.41, 5.74) is -1.31. The summed E-state index contributed by atoms with van der Waals surface area (Å²) in [7, 11) is 0. The third-order valence-corrected chi connectivity index (χ3v) is 1.84. The van der Waals surface area contributed by atoms with Crippen LogP contribution in [0.4, 0.5) is 13.2 Å². The molecule has 1 N–H and O–H groups in total. The van der Waals surface area contributed by atoms with Crippen molar-refractivity contribution in [3.05, 3.63) is 34.3 Å². The number of hydrogen-bond donors (Lipinski definition) is 1. The van der Waals surface area contributed by atoms with Gasteiger partial charge < -0.3 is 5.11 Å². The molecule has 0 spiro atoms. The van der Waals surface area contributed by atoms with Gasteiger partial charge in [-0.2, -0.15) is 13.2 Å². The molecule has 1 aromatic rings. The Morgan fingerprint density at radius 2 is 1.87 bits per heavy atom. The van der Waals surface area contributed by atoms with Crippen LogP contribution in [0.25, 0.3) is 0 Å². The summed E-state index contributed by atoms with van der Waals surface area (Å²) < 4.78 is 36.3. The average molecular weight is 248 g/mol. The minimum atomic E-state index is -4.51. The Hall–Kier alpha value is -0.230. The smallest absolute Gasteiger partial charge is 0.416 e. The van der Waals surface area contributed by atoms with Gasteiger partial charge in [0.25, 0.3) is 0 Å². The minimum absolute atomic E-state index is 0. The molecule has 2 nitrogen and oxygen atoms in total. The number of aromatic carboxylic acids is 1. The van der Waals surface area contributed by atoms with Crippen LogP contribution in [0.5, 0.6) is 0 Å². The molecule has 1 rings (SSSR count). The van der Waals surface area contributed by atoms with Crippen molar-refractivity contribution in [2.24, 2.45) is 0 Å². The second kappa shape index (κ2) is 5.21. The molecular weight excluding hydrogens is 244 g/mol. The SMILES string of the molecule is O=C(O)c1ccc(C(F)(F)F)cc1Cl.[Na]. The van der Waals surface area contributed by atoms with Gasteiger partial charge in [-0.05, 0) is 18.2 Å². The molecule has 77 valence electrons. The van der Waals surface area contributed by atoms with Gasteiger partial charge in [0.15, 0.2) is 0 Å². The molecule has 7 heteroatoms. The Morgan fingerprint density at radius 1 is 1.33 bits per heavy atom. The summed E-state index contributed by atoms with van der Waals surface area (Å²) >= 11 is 5.35. The van der Waals surface area contributed by atoms with Crippen molar-refractivity contribution >= 4 is 47.1 Å². The monoisotopic (exact) mass is 247 g/mol. The Balaban J connectivity index is 0.00000196. The molecule has 0 amide bonds. The van der Waals surface area contributed by atoms with Gasteiger partial charge >= 0.3 is 12.1 Å². The number of carbonyl (C=O) groups is 1. The van der Waals surface area contributed by atoms with Crippen molar-refractivity contribution < 1.29 is 23.1 Å². The molecule has 0 saturated carbocycles. The van der Waals surface area contributed by atoms with Crippen molar-refractivity contribution in [2.45, 2.75) is 6.18 Å². The summed E-state index contributed by atoms with van der Waals surface area (Å²) in [5.74, 6) is -1.36. The predicted molar refractivity (Wildman–Crippen MR) is 49.2 cm³/mol. The maximum Gasteiger partial charge on any atom is 0.416 e. The number of hydrogen-bond acceptors (Lipinski definition) is 1. The van der Waals surface area contributed by atoms with E-state index in [0.29, 0.717) is 12.1 Å². The quantitative estimate of drug-likeness (QED) is 0.775. The van der Waals surface area contributed by atoms with Gasteiger partial charge in [0.1, 0.15) is 0 Å². The molecule has 0 aliphatic heterocycles. The van der Waals surface area contributed by atoms with Crippen LogP contribution < -0.4 is 0 Å².